The van der Waals surface area contributed by atoms with Crippen molar-refractivity contribution in [2.24, 2.45) is 5.10 Å². The van der Waals surface area contributed by atoms with Gasteiger partial charge < -0.3 is 18.9 Å². The maximum Gasteiger partial charge on any atom is 0.336 e. The standard InChI is InChI=1S/C25H20N2O6/c1-30-20-8-2-17(3-9-20)6-13-24(28)33-21-10-4-18(5-11-21)15-26-27-25(29)19-7-12-22-23(14-19)32-16-31-22/h2-15H,16H2,1H3,(H,27,29)/b13-6+,26-15-. The number of carbonyl (C=O) groups excluding carboxylic acids is 2. The number of fused-ring (bicyclic) bond motifs is 1. The van der Waals surface area contributed by atoms with Crippen molar-refractivity contribution in [2.45, 2.75) is 0 Å². The lowest BCUT2D eigenvalue weighted by atomic mass is 10.2. The highest BCUT2D eigenvalue weighted by Gasteiger charge is 2.15. The lowest BCUT2D eigenvalue weighted by molar-refractivity contribution is -0.128. The van der Waals surface area contributed by atoms with E-state index in [2.05, 4.69) is 10.5 Å². The van der Waals surface area contributed by atoms with Crippen molar-refractivity contribution >= 4 is 24.2 Å². The molecule has 8 heteroatoms. The molecule has 8 nitrogen and oxygen atoms in total. The van der Waals surface area contributed by atoms with Gasteiger partial charge in [-0.15, -0.1) is 0 Å². The van der Waals surface area contributed by atoms with Crippen molar-refractivity contribution in [2.75, 3.05) is 13.9 Å². The number of ether oxygens (including phenoxy) is 4. The quantitative estimate of drug-likeness (QED) is 0.196. The molecule has 1 N–H and O–H groups in total. The molecule has 1 aliphatic rings. The van der Waals surface area contributed by atoms with Crippen molar-refractivity contribution in [1.82, 2.24) is 5.43 Å². The van der Waals surface area contributed by atoms with E-state index >= 15 is 0 Å². The zero-order valence-electron chi connectivity index (χ0n) is 17.7. The first-order valence-corrected chi connectivity index (χ1v) is 9.98. The van der Waals surface area contributed by atoms with E-state index in [0.29, 0.717) is 22.8 Å². The van der Waals surface area contributed by atoms with E-state index in [1.54, 1.807) is 55.7 Å². The van der Waals surface area contributed by atoms with Crippen LogP contribution in [0.4, 0.5) is 0 Å². The average Bonchev–Trinajstić information content (AvgIpc) is 3.32. The number of rotatable bonds is 7. The molecule has 0 saturated carbocycles. The summed E-state index contributed by atoms with van der Waals surface area (Å²) >= 11 is 0. The number of hydrazone groups is 1. The van der Waals surface area contributed by atoms with Crippen LogP contribution in [0, 0.1) is 0 Å². The van der Waals surface area contributed by atoms with Gasteiger partial charge in [0.2, 0.25) is 6.79 Å². The second-order valence-corrected chi connectivity index (χ2v) is 6.86. The topological polar surface area (TPSA) is 95.5 Å². The molecule has 0 spiro atoms. The SMILES string of the molecule is COc1ccc(/C=C/C(=O)Oc2ccc(/C=N\NC(=O)c3ccc4c(c3)OCO4)cc2)cc1. The molecule has 0 aromatic heterocycles. The van der Waals surface area contributed by atoms with E-state index in [1.807, 2.05) is 24.3 Å². The first kappa shape index (κ1) is 21.6. The number of amides is 1. The highest BCUT2D eigenvalue weighted by Crippen LogP contribution is 2.32. The smallest absolute Gasteiger partial charge is 0.336 e. The van der Waals surface area contributed by atoms with E-state index in [4.69, 9.17) is 18.9 Å². The third-order valence-corrected chi connectivity index (χ3v) is 4.64. The fraction of sp³-hybridized carbons (Fsp3) is 0.0800. The monoisotopic (exact) mass is 444 g/mol. The lowest BCUT2D eigenvalue weighted by Crippen LogP contribution is -2.17. The fourth-order valence-corrected chi connectivity index (χ4v) is 2.92. The third-order valence-electron chi connectivity index (χ3n) is 4.64. The first-order chi connectivity index (χ1) is 16.1. The molecule has 166 valence electrons. The molecule has 0 bridgehead atoms. The van der Waals surface area contributed by atoms with E-state index in [9.17, 15) is 9.59 Å². The molecule has 0 unspecified atom stereocenters. The van der Waals surface area contributed by atoms with Crippen molar-refractivity contribution in [1.29, 1.82) is 0 Å². The van der Waals surface area contributed by atoms with Crippen molar-refractivity contribution < 1.29 is 28.5 Å². The Morgan fingerprint density at radius 1 is 0.909 bits per heavy atom. The van der Waals surface area contributed by atoms with Crippen LogP contribution >= 0.6 is 0 Å². The Labute approximate surface area is 190 Å². The van der Waals surface area contributed by atoms with Crippen LogP contribution in [0.2, 0.25) is 0 Å². The molecular formula is C25H20N2O6. The summed E-state index contributed by atoms with van der Waals surface area (Å²) in [4.78, 5) is 24.2. The normalized spacial score (nSPS) is 12.2. The predicted molar refractivity (Wildman–Crippen MR) is 122 cm³/mol. The Hall–Kier alpha value is -4.59. The molecule has 0 fully saturated rings. The maximum atomic E-state index is 12.2. The number of esters is 1. The molecular weight excluding hydrogens is 424 g/mol. The Kier molecular flexibility index (Phi) is 6.65. The number of nitrogens with one attached hydrogen (secondary N) is 1. The molecule has 1 amide bonds. The van der Waals surface area contributed by atoms with E-state index in [-0.39, 0.29) is 12.7 Å². The predicted octanol–water partition coefficient (Wildman–Crippen LogP) is 3.81. The zero-order valence-corrected chi connectivity index (χ0v) is 17.7. The molecule has 4 rings (SSSR count). The van der Waals surface area contributed by atoms with E-state index in [0.717, 1.165) is 16.9 Å². The van der Waals surface area contributed by atoms with Gasteiger partial charge in [-0.25, -0.2) is 10.2 Å². The van der Waals surface area contributed by atoms with Crippen molar-refractivity contribution in [3.8, 4) is 23.0 Å². The van der Waals surface area contributed by atoms with Crippen molar-refractivity contribution in [3.63, 3.8) is 0 Å². The summed E-state index contributed by atoms with van der Waals surface area (Å²) in [6.07, 6.45) is 4.49. The number of benzene rings is 3. The zero-order chi connectivity index (χ0) is 23.0. The number of hydrogen-bond donors (Lipinski definition) is 1. The van der Waals surface area contributed by atoms with Gasteiger partial charge in [0.1, 0.15) is 11.5 Å². The molecule has 0 aliphatic carbocycles. The van der Waals surface area contributed by atoms with Crippen LogP contribution in [0.15, 0.2) is 77.9 Å². The summed E-state index contributed by atoms with van der Waals surface area (Å²) in [5.41, 5.74) is 4.43. The van der Waals surface area contributed by atoms with Crippen LogP contribution in [0.3, 0.4) is 0 Å². The second-order valence-electron chi connectivity index (χ2n) is 6.86. The molecule has 0 saturated heterocycles. The van der Waals surface area contributed by atoms with E-state index < -0.39 is 5.97 Å². The molecule has 3 aromatic carbocycles. The van der Waals surface area contributed by atoms with E-state index in [1.165, 1.54) is 12.3 Å². The summed E-state index contributed by atoms with van der Waals surface area (Å²) in [7, 11) is 1.59. The van der Waals surface area contributed by atoms with Gasteiger partial charge in [0.25, 0.3) is 5.91 Å². The van der Waals surface area contributed by atoms with Gasteiger partial charge in [-0.05, 0) is 71.8 Å². The minimum absolute atomic E-state index is 0.142. The Morgan fingerprint density at radius 2 is 1.61 bits per heavy atom. The van der Waals surface area contributed by atoms with Gasteiger partial charge in [0, 0.05) is 11.6 Å². The maximum absolute atomic E-state index is 12.2. The minimum atomic E-state index is -0.497. The molecule has 0 radical (unpaired) electrons. The fourth-order valence-electron chi connectivity index (χ4n) is 2.92. The lowest BCUT2D eigenvalue weighted by Gasteiger charge is -2.03. The van der Waals surface area contributed by atoms with Crippen LogP contribution in [-0.2, 0) is 4.79 Å². The Morgan fingerprint density at radius 3 is 2.36 bits per heavy atom. The van der Waals surface area contributed by atoms with Crippen LogP contribution < -0.4 is 24.4 Å². The van der Waals surface area contributed by atoms with Gasteiger partial charge in [0.05, 0.1) is 13.3 Å². The molecule has 1 heterocycles. The van der Waals surface area contributed by atoms with Gasteiger partial charge in [-0.3, -0.25) is 4.79 Å². The number of hydrogen-bond acceptors (Lipinski definition) is 7. The van der Waals surface area contributed by atoms with Crippen LogP contribution in [0.25, 0.3) is 6.08 Å². The molecule has 0 atom stereocenters. The third kappa shape index (κ3) is 5.76. The Balaban J connectivity index is 1.27. The number of methoxy groups -OCH3 is 1. The van der Waals surface area contributed by atoms with Crippen molar-refractivity contribution in [3.05, 3.63) is 89.5 Å². The molecule has 3 aromatic rings. The van der Waals surface area contributed by atoms with Gasteiger partial charge >= 0.3 is 5.97 Å². The molecule has 33 heavy (non-hydrogen) atoms. The average molecular weight is 444 g/mol. The summed E-state index contributed by atoms with van der Waals surface area (Å²) in [5.74, 6) is 1.39. The van der Waals surface area contributed by atoms with Crippen LogP contribution in [-0.4, -0.2) is 32.0 Å². The summed E-state index contributed by atoms with van der Waals surface area (Å²) < 4.78 is 20.9. The highest BCUT2D eigenvalue weighted by molar-refractivity contribution is 5.95. The summed E-state index contributed by atoms with van der Waals surface area (Å²) in [6, 6.07) is 18.9. The van der Waals surface area contributed by atoms with Crippen LogP contribution in [0.1, 0.15) is 21.5 Å². The summed E-state index contributed by atoms with van der Waals surface area (Å²) in [6.45, 7) is 0.142. The van der Waals surface area contributed by atoms with Gasteiger partial charge in [-0.1, -0.05) is 12.1 Å². The summed E-state index contributed by atoms with van der Waals surface area (Å²) in [5, 5.41) is 3.95. The number of nitrogens with zero attached hydrogens (tertiary/aromatic N) is 1. The minimum Gasteiger partial charge on any atom is -0.497 e. The number of carbonyl (C=O) groups is 2. The molecule has 1 aliphatic heterocycles. The largest absolute Gasteiger partial charge is 0.497 e. The van der Waals surface area contributed by atoms with Crippen LogP contribution in [0.5, 0.6) is 23.0 Å². The highest BCUT2D eigenvalue weighted by atomic mass is 16.7. The first-order valence-electron chi connectivity index (χ1n) is 9.98. The van der Waals surface area contributed by atoms with Gasteiger partial charge in [-0.2, -0.15) is 5.10 Å². The Bertz CT molecular complexity index is 1200. The second kappa shape index (κ2) is 10.1. The van der Waals surface area contributed by atoms with Gasteiger partial charge in [0.15, 0.2) is 11.5 Å².